The number of piperidine rings is 1. The molecule has 16 nitrogen and oxygen atoms in total. The summed E-state index contributed by atoms with van der Waals surface area (Å²) in [4.78, 5) is 45.8. The molecule has 19 heteroatoms. The molecule has 3 heterocycles. The highest BCUT2D eigenvalue weighted by atomic mass is 32.3. The van der Waals surface area contributed by atoms with Gasteiger partial charge in [0.05, 0.1) is 26.5 Å². The Bertz CT molecular complexity index is 1110. The molecule has 2 bridgehead atoms. The molecule has 3 rings (SSSR count). The van der Waals surface area contributed by atoms with Gasteiger partial charge >= 0.3 is 32.9 Å². The molecule has 3 fully saturated rings. The van der Waals surface area contributed by atoms with Crippen molar-refractivity contribution in [3.8, 4) is 0 Å². The van der Waals surface area contributed by atoms with E-state index in [1.54, 1.807) is 20.8 Å². The van der Waals surface area contributed by atoms with Crippen LogP contribution in [0.25, 0.3) is 0 Å². The Morgan fingerprint density at radius 2 is 1.84 bits per heavy atom. The lowest BCUT2D eigenvalue weighted by molar-refractivity contribution is -0.140. The van der Waals surface area contributed by atoms with E-state index in [0.717, 1.165) is 4.90 Å². The van der Waals surface area contributed by atoms with Crippen LogP contribution in [0.15, 0.2) is 0 Å². The number of likely N-dealkylation sites (tertiary alicyclic amines) is 1. The van der Waals surface area contributed by atoms with E-state index >= 15 is 0 Å². The number of urea groups is 1. The molecule has 0 aromatic rings. The molecule has 3 aliphatic rings. The van der Waals surface area contributed by atoms with E-state index < -0.39 is 62.6 Å². The van der Waals surface area contributed by atoms with E-state index in [9.17, 15) is 31.2 Å². The molecule has 3 saturated heterocycles. The number of hydrogen-bond donors (Lipinski definition) is 2. The Kier molecular flexibility index (Phi) is 8.65. The first kappa shape index (κ1) is 29.4. The summed E-state index contributed by atoms with van der Waals surface area (Å²) in [5, 5.41) is 0.374. The van der Waals surface area contributed by atoms with Crippen LogP contribution < -0.4 is 5.48 Å². The van der Waals surface area contributed by atoms with Gasteiger partial charge in [-0.3, -0.25) is 14.2 Å². The number of ether oxygens (including phenoxy) is 1. The van der Waals surface area contributed by atoms with E-state index in [1.165, 1.54) is 4.90 Å². The average molecular weight is 568 g/mol. The van der Waals surface area contributed by atoms with Crippen LogP contribution in [0.3, 0.4) is 0 Å². The van der Waals surface area contributed by atoms with Gasteiger partial charge in [0.15, 0.2) is 0 Å². The highest BCUT2D eigenvalue weighted by molar-refractivity contribution is 7.94. The molecule has 0 aliphatic carbocycles. The Balaban J connectivity index is 1.56. The number of hydroxylamine groups is 3. The Labute approximate surface area is 216 Å². The maximum absolute atomic E-state index is 12.7. The molecular formula is C18H29BN4O12S2. The summed E-state index contributed by atoms with van der Waals surface area (Å²) in [6.07, 6.45) is 0.611. The van der Waals surface area contributed by atoms with Crippen molar-refractivity contribution in [3.63, 3.8) is 0 Å². The predicted octanol–water partition coefficient (Wildman–Crippen LogP) is -0.489. The third-order valence-electron chi connectivity index (χ3n) is 5.88. The van der Waals surface area contributed by atoms with Crippen LogP contribution in [0.1, 0.15) is 40.0 Å². The van der Waals surface area contributed by atoms with Gasteiger partial charge in [-0.15, -0.1) is 4.28 Å². The molecule has 0 saturated carbocycles. The summed E-state index contributed by atoms with van der Waals surface area (Å²) in [5.41, 5.74) is 1.56. The molecule has 4 atom stereocenters. The van der Waals surface area contributed by atoms with Crippen molar-refractivity contribution in [3.05, 3.63) is 0 Å². The van der Waals surface area contributed by atoms with Crippen LogP contribution in [-0.4, -0.2) is 106 Å². The average Bonchev–Trinajstić information content (AvgIpc) is 3.26. The van der Waals surface area contributed by atoms with E-state index in [2.05, 4.69) is 13.4 Å². The zero-order valence-corrected chi connectivity index (χ0v) is 22.1. The first-order valence-corrected chi connectivity index (χ1v) is 14.0. The molecule has 0 aromatic heterocycles. The van der Waals surface area contributed by atoms with Crippen LogP contribution in [0.5, 0.6) is 0 Å². The summed E-state index contributed by atoms with van der Waals surface area (Å²) in [6, 6.07) is -3.29. The van der Waals surface area contributed by atoms with E-state index in [-0.39, 0.29) is 31.9 Å². The molecule has 0 aromatic carbocycles. The van der Waals surface area contributed by atoms with E-state index in [1.807, 2.05) is 0 Å². The van der Waals surface area contributed by atoms with Crippen LogP contribution in [-0.2, 0) is 43.1 Å². The fourth-order valence-electron chi connectivity index (χ4n) is 4.38. The molecular weight excluding hydrogens is 539 g/mol. The highest BCUT2D eigenvalue weighted by Crippen LogP contribution is 2.31. The normalized spacial score (nSPS) is 26.5. The fourth-order valence-corrected chi connectivity index (χ4v) is 5.71. The van der Waals surface area contributed by atoms with Gasteiger partial charge in [-0.05, 0) is 46.0 Å². The van der Waals surface area contributed by atoms with Crippen molar-refractivity contribution in [1.82, 2.24) is 20.3 Å². The van der Waals surface area contributed by atoms with Crippen molar-refractivity contribution in [1.29, 1.82) is 0 Å². The number of nitrogens with zero attached hydrogens (tertiary/aromatic N) is 3. The van der Waals surface area contributed by atoms with Gasteiger partial charge in [0.1, 0.15) is 11.6 Å². The molecule has 2 N–H and O–H groups in total. The van der Waals surface area contributed by atoms with Crippen LogP contribution in [0, 0.1) is 5.92 Å². The molecule has 208 valence electrons. The molecule has 4 amide bonds. The summed E-state index contributed by atoms with van der Waals surface area (Å²) in [6.45, 7) is 5.44. The number of rotatable bonds is 9. The van der Waals surface area contributed by atoms with Crippen LogP contribution >= 0.6 is 0 Å². The van der Waals surface area contributed by atoms with Gasteiger partial charge in [0.25, 0.3) is 5.91 Å². The quantitative estimate of drug-likeness (QED) is 0.206. The summed E-state index contributed by atoms with van der Waals surface area (Å²) in [7, 11) is -4.98. The minimum atomic E-state index is -5.41. The van der Waals surface area contributed by atoms with Crippen molar-refractivity contribution in [2.24, 2.45) is 5.92 Å². The smallest absolute Gasteiger partial charge is 0.437 e. The Morgan fingerprint density at radius 3 is 2.43 bits per heavy atom. The highest BCUT2D eigenvalue weighted by Gasteiger charge is 2.50. The number of carbonyl (C=O) groups is 3. The zero-order chi connectivity index (χ0) is 27.8. The first-order chi connectivity index (χ1) is 17.0. The maximum Gasteiger partial charge on any atom is 0.437 e. The first-order valence-electron chi connectivity index (χ1n) is 11.3. The zero-order valence-electron chi connectivity index (χ0n) is 20.4. The van der Waals surface area contributed by atoms with Crippen molar-refractivity contribution in [2.45, 2.75) is 70.1 Å². The number of nitrogens with one attached hydrogen (secondary N) is 1. The van der Waals surface area contributed by atoms with Crippen LogP contribution in [0.4, 0.5) is 9.59 Å². The summed E-state index contributed by atoms with van der Waals surface area (Å²) in [5.74, 6) is -0.663. The van der Waals surface area contributed by atoms with Gasteiger partial charge in [-0.2, -0.15) is 21.9 Å². The molecule has 0 spiro atoms. The van der Waals surface area contributed by atoms with E-state index in [4.69, 9.17) is 22.0 Å². The molecule has 2 unspecified atom stereocenters. The van der Waals surface area contributed by atoms with Gasteiger partial charge < -0.3 is 14.5 Å². The topological polar surface area (TPSA) is 198 Å². The maximum atomic E-state index is 12.7. The summed E-state index contributed by atoms with van der Waals surface area (Å²) < 4.78 is 66.5. The van der Waals surface area contributed by atoms with Crippen molar-refractivity contribution in [2.75, 3.05) is 19.7 Å². The number of fused-ring (bicyclic) bond motifs is 2. The molecule has 2 radical (unpaired) electrons. The SMILES string of the molecule is [B]CC1CC(CONC(=O)[C@@H]2CC[C@@H]3CN2C(=O)N3OS(=O)(=O)OS(=O)(=O)O)N(C(=O)OC(C)(C)C)C1. The lowest BCUT2D eigenvalue weighted by atomic mass is 9.89. The number of hydrogen-bond acceptors (Lipinski definition) is 11. The lowest BCUT2D eigenvalue weighted by Crippen LogP contribution is -2.50. The van der Waals surface area contributed by atoms with Gasteiger partial charge in [-0.25, -0.2) is 15.1 Å². The van der Waals surface area contributed by atoms with Crippen molar-refractivity contribution < 1.29 is 53.3 Å². The third-order valence-corrected chi connectivity index (χ3v) is 7.58. The van der Waals surface area contributed by atoms with Gasteiger partial charge in [0, 0.05) is 13.1 Å². The van der Waals surface area contributed by atoms with Gasteiger partial charge in [-0.1, -0.05) is 9.95 Å². The monoisotopic (exact) mass is 568 g/mol. The lowest BCUT2D eigenvalue weighted by Gasteiger charge is -2.30. The minimum Gasteiger partial charge on any atom is -0.444 e. The number of amides is 4. The number of carbonyl (C=O) groups excluding carboxylic acids is 3. The predicted molar refractivity (Wildman–Crippen MR) is 123 cm³/mol. The van der Waals surface area contributed by atoms with Crippen molar-refractivity contribution >= 4 is 46.7 Å². The largest absolute Gasteiger partial charge is 0.444 e. The second kappa shape index (κ2) is 10.9. The summed E-state index contributed by atoms with van der Waals surface area (Å²) >= 11 is 0. The van der Waals surface area contributed by atoms with Gasteiger partial charge in [0.2, 0.25) is 0 Å². The fraction of sp³-hybridized carbons (Fsp3) is 0.833. The second-order valence-corrected chi connectivity index (χ2v) is 12.3. The van der Waals surface area contributed by atoms with E-state index in [0.29, 0.717) is 24.3 Å². The minimum absolute atomic E-state index is 0.0291. The third kappa shape index (κ3) is 7.67. The Morgan fingerprint density at radius 1 is 1.16 bits per heavy atom. The van der Waals surface area contributed by atoms with Crippen LogP contribution in [0.2, 0.25) is 6.32 Å². The Hall–Kier alpha value is -2.19. The molecule has 3 aliphatic heterocycles. The molecule has 37 heavy (non-hydrogen) atoms. The second-order valence-electron chi connectivity index (χ2n) is 9.89. The standard InChI is InChI=1S/C18H29BN4O12S2/c1-18(2,3)33-17(26)21-8-11(7-19)6-13(21)10-32-20-15(24)14-5-4-12-9-22(14)16(25)23(12)34-37(30,31)35-36(27,28)29/h11-14H,4-10H2,1-3H3,(H,20,24)(H,27,28,29)/t11?,12-,13?,14+/m1/s1.